The van der Waals surface area contributed by atoms with E-state index in [2.05, 4.69) is 26.0 Å². The molecule has 1 aromatic carbocycles. The molecule has 0 unspecified atom stereocenters. The molecule has 0 spiro atoms. The first-order valence-electron chi connectivity index (χ1n) is 11.7. The van der Waals surface area contributed by atoms with Gasteiger partial charge in [-0.1, -0.05) is 11.2 Å². The summed E-state index contributed by atoms with van der Waals surface area (Å²) in [5.41, 5.74) is 0.416. The highest BCUT2D eigenvalue weighted by Crippen LogP contribution is 2.36. The van der Waals surface area contributed by atoms with Crippen LogP contribution in [0.4, 0.5) is 18.9 Å². The van der Waals surface area contributed by atoms with Crippen molar-refractivity contribution in [2.75, 3.05) is 37.6 Å². The normalized spacial score (nSPS) is 21.2. The number of alkyl halides is 3. The molecule has 2 fully saturated rings. The third-order valence-corrected chi connectivity index (χ3v) is 7.03. The molecule has 2 aliphatic heterocycles. The molecular formula is C24H30F3N5O3. The van der Waals surface area contributed by atoms with Crippen molar-refractivity contribution in [3.63, 3.8) is 0 Å². The number of carbonyl (C=O) groups is 2. The second kappa shape index (κ2) is 9.88. The van der Waals surface area contributed by atoms with E-state index in [4.69, 9.17) is 4.52 Å². The minimum atomic E-state index is -4.55. The van der Waals surface area contributed by atoms with Crippen LogP contribution in [-0.4, -0.2) is 55.2 Å². The quantitative estimate of drug-likeness (QED) is 0.573. The monoisotopic (exact) mass is 493 g/mol. The number of carbonyl (C=O) groups excluding carboxylic acids is 2. The molecule has 1 atom stereocenters. The second-order valence-corrected chi connectivity index (χ2v) is 9.33. The summed E-state index contributed by atoms with van der Waals surface area (Å²) in [6, 6.07) is 4.14. The predicted molar refractivity (Wildman–Crippen MR) is 123 cm³/mol. The molecule has 0 aliphatic carbocycles. The molecular weight excluding hydrogens is 463 g/mol. The first-order valence-corrected chi connectivity index (χ1v) is 11.7. The van der Waals surface area contributed by atoms with Gasteiger partial charge in [0.1, 0.15) is 11.4 Å². The lowest BCUT2D eigenvalue weighted by molar-refractivity contribution is -0.137. The third kappa shape index (κ3) is 5.44. The first-order chi connectivity index (χ1) is 16.6. The van der Waals surface area contributed by atoms with Gasteiger partial charge in [0.2, 0.25) is 5.91 Å². The fourth-order valence-corrected chi connectivity index (χ4v) is 5.28. The Bertz CT molecular complexity index is 1050. The zero-order valence-corrected chi connectivity index (χ0v) is 19.8. The number of aromatic nitrogens is 1. The molecule has 3 N–H and O–H groups in total. The minimum absolute atomic E-state index is 0.142. The van der Waals surface area contributed by atoms with E-state index in [1.807, 2.05) is 13.8 Å². The number of amides is 2. The third-order valence-electron chi connectivity index (χ3n) is 7.03. The van der Waals surface area contributed by atoms with Crippen LogP contribution in [0.5, 0.6) is 0 Å². The van der Waals surface area contributed by atoms with Crippen LogP contribution in [0.2, 0.25) is 0 Å². The van der Waals surface area contributed by atoms with Crippen LogP contribution in [0.1, 0.15) is 46.6 Å². The van der Waals surface area contributed by atoms with Gasteiger partial charge in [-0.2, -0.15) is 13.2 Å². The van der Waals surface area contributed by atoms with Crippen LogP contribution in [0.25, 0.3) is 0 Å². The van der Waals surface area contributed by atoms with Crippen molar-refractivity contribution < 1.29 is 27.3 Å². The molecule has 2 saturated heterocycles. The maximum atomic E-state index is 12.9. The minimum Gasteiger partial charge on any atom is -0.367 e. The van der Waals surface area contributed by atoms with E-state index in [0.29, 0.717) is 6.54 Å². The van der Waals surface area contributed by atoms with Crippen LogP contribution >= 0.6 is 0 Å². The highest BCUT2D eigenvalue weighted by molar-refractivity contribution is 5.96. The van der Waals surface area contributed by atoms with Crippen molar-refractivity contribution >= 4 is 17.5 Å². The predicted octanol–water partition coefficient (Wildman–Crippen LogP) is 2.80. The second-order valence-electron chi connectivity index (χ2n) is 9.33. The number of piperidine rings is 1. The highest BCUT2D eigenvalue weighted by atomic mass is 19.4. The van der Waals surface area contributed by atoms with Crippen molar-refractivity contribution in [3.8, 4) is 0 Å². The average molecular weight is 494 g/mol. The summed E-state index contributed by atoms with van der Waals surface area (Å²) in [6.45, 7) is 6.56. The van der Waals surface area contributed by atoms with Gasteiger partial charge in [0.05, 0.1) is 17.6 Å². The Morgan fingerprint density at radius 2 is 2.00 bits per heavy atom. The SMILES string of the molecule is Cc1noc(C)c1N1CCC([C@]2(NC(=O)CNC(=O)c3cccc(C(F)(F)F)c3)CCNC2)CC1. The van der Waals surface area contributed by atoms with Gasteiger partial charge in [0.25, 0.3) is 5.91 Å². The van der Waals surface area contributed by atoms with Crippen molar-refractivity contribution in [1.29, 1.82) is 0 Å². The Labute approximate surface area is 201 Å². The largest absolute Gasteiger partial charge is 0.416 e. The van der Waals surface area contributed by atoms with Crippen LogP contribution in [0, 0.1) is 19.8 Å². The zero-order valence-electron chi connectivity index (χ0n) is 19.8. The lowest BCUT2D eigenvalue weighted by Gasteiger charge is -2.43. The number of benzene rings is 1. The smallest absolute Gasteiger partial charge is 0.367 e. The summed E-state index contributed by atoms with van der Waals surface area (Å²) < 4.78 is 44.1. The van der Waals surface area contributed by atoms with Crippen molar-refractivity contribution in [2.24, 2.45) is 5.92 Å². The molecule has 0 radical (unpaired) electrons. The van der Waals surface area contributed by atoms with Gasteiger partial charge in [0.15, 0.2) is 5.76 Å². The van der Waals surface area contributed by atoms with E-state index in [-0.39, 0.29) is 23.9 Å². The van der Waals surface area contributed by atoms with E-state index < -0.39 is 23.2 Å². The molecule has 8 nitrogen and oxygen atoms in total. The van der Waals surface area contributed by atoms with Gasteiger partial charge in [0, 0.05) is 25.2 Å². The molecule has 2 amide bonds. The number of nitrogens with one attached hydrogen (secondary N) is 3. The maximum absolute atomic E-state index is 12.9. The molecule has 0 saturated carbocycles. The lowest BCUT2D eigenvalue weighted by atomic mass is 9.76. The van der Waals surface area contributed by atoms with E-state index in [0.717, 1.165) is 68.2 Å². The Balaban J connectivity index is 1.35. The number of hydrogen-bond donors (Lipinski definition) is 3. The Morgan fingerprint density at radius 3 is 2.60 bits per heavy atom. The van der Waals surface area contributed by atoms with Gasteiger partial charge in [-0.3, -0.25) is 9.59 Å². The van der Waals surface area contributed by atoms with E-state index in [1.165, 1.54) is 12.1 Å². The summed E-state index contributed by atoms with van der Waals surface area (Å²) >= 11 is 0. The lowest BCUT2D eigenvalue weighted by Crippen LogP contribution is -2.59. The van der Waals surface area contributed by atoms with Crippen molar-refractivity contribution in [1.82, 2.24) is 21.1 Å². The molecule has 2 aliphatic rings. The van der Waals surface area contributed by atoms with Crippen LogP contribution in [0.15, 0.2) is 28.8 Å². The summed E-state index contributed by atoms with van der Waals surface area (Å²) in [6.07, 6.45) is -2.02. The number of anilines is 1. The van der Waals surface area contributed by atoms with E-state index >= 15 is 0 Å². The first kappa shape index (κ1) is 25.0. The van der Waals surface area contributed by atoms with Crippen LogP contribution in [-0.2, 0) is 11.0 Å². The number of aryl methyl sites for hydroxylation is 2. The fourth-order valence-electron chi connectivity index (χ4n) is 5.28. The average Bonchev–Trinajstić information content (AvgIpc) is 3.44. The molecule has 4 rings (SSSR count). The molecule has 190 valence electrons. The highest BCUT2D eigenvalue weighted by Gasteiger charge is 2.44. The number of nitrogens with zero attached hydrogens (tertiary/aromatic N) is 2. The van der Waals surface area contributed by atoms with Crippen LogP contribution < -0.4 is 20.9 Å². The fraction of sp³-hybridized carbons (Fsp3) is 0.542. The summed E-state index contributed by atoms with van der Waals surface area (Å²) in [4.78, 5) is 27.4. The van der Waals surface area contributed by atoms with Crippen molar-refractivity contribution in [2.45, 2.75) is 44.8 Å². The molecule has 2 aromatic rings. The molecule has 1 aromatic heterocycles. The van der Waals surface area contributed by atoms with Gasteiger partial charge < -0.3 is 25.4 Å². The number of hydrogen-bond acceptors (Lipinski definition) is 6. The molecule has 3 heterocycles. The van der Waals surface area contributed by atoms with E-state index in [1.54, 1.807) is 0 Å². The van der Waals surface area contributed by atoms with Gasteiger partial charge in [-0.05, 0) is 63.8 Å². The Morgan fingerprint density at radius 1 is 1.26 bits per heavy atom. The van der Waals surface area contributed by atoms with Crippen LogP contribution in [0.3, 0.4) is 0 Å². The summed E-state index contributed by atoms with van der Waals surface area (Å²) in [7, 11) is 0. The molecule has 35 heavy (non-hydrogen) atoms. The van der Waals surface area contributed by atoms with Gasteiger partial charge >= 0.3 is 6.18 Å². The van der Waals surface area contributed by atoms with Crippen molar-refractivity contribution in [3.05, 3.63) is 46.8 Å². The topological polar surface area (TPSA) is 99.5 Å². The maximum Gasteiger partial charge on any atom is 0.416 e. The Hall–Kier alpha value is -3.08. The molecule has 11 heteroatoms. The molecule has 0 bridgehead atoms. The van der Waals surface area contributed by atoms with Gasteiger partial charge in [-0.15, -0.1) is 0 Å². The summed E-state index contributed by atoms with van der Waals surface area (Å²) in [5.74, 6) is -0.0415. The standard InChI is InChI=1S/C24H30F3N5O3/c1-15-21(16(2)35-31-15)32-10-6-18(7-11-32)23(8-9-28-14-23)30-20(33)13-29-22(34)17-4-3-5-19(12-17)24(25,26)27/h3-5,12,18,28H,6-11,13-14H2,1-2H3,(H,29,34)(H,30,33)/t23-/m0/s1. The van der Waals surface area contributed by atoms with Gasteiger partial charge in [-0.25, -0.2) is 0 Å². The van der Waals surface area contributed by atoms with E-state index in [9.17, 15) is 22.8 Å². The zero-order chi connectivity index (χ0) is 25.2. The Kier molecular flexibility index (Phi) is 7.07. The number of rotatable bonds is 6. The number of halogens is 3. The summed E-state index contributed by atoms with van der Waals surface area (Å²) in [5, 5.41) is 13.0.